The highest BCUT2D eigenvalue weighted by Gasteiger charge is 2.33. The van der Waals surface area contributed by atoms with Gasteiger partial charge >= 0.3 is 12.3 Å². The first kappa shape index (κ1) is 19.3. The number of ether oxygens (including phenoxy) is 1. The average molecular weight is 383 g/mol. The lowest BCUT2D eigenvalue weighted by molar-refractivity contribution is -0.162. The minimum Gasteiger partial charge on any atom is -0.440 e. The van der Waals surface area contributed by atoms with Crippen molar-refractivity contribution in [2.75, 3.05) is 25.0 Å². The molecule has 1 fully saturated rings. The van der Waals surface area contributed by atoms with Crippen LogP contribution in [0, 0.1) is 11.7 Å². The Morgan fingerprint density at radius 3 is 2.52 bits per heavy atom. The first-order chi connectivity index (χ1) is 11.7. The highest BCUT2D eigenvalue weighted by atomic mass is 35.5. The van der Waals surface area contributed by atoms with Gasteiger partial charge < -0.3 is 15.0 Å². The fourth-order valence-corrected chi connectivity index (χ4v) is 2.57. The summed E-state index contributed by atoms with van der Waals surface area (Å²) in [4.78, 5) is 24.8. The summed E-state index contributed by atoms with van der Waals surface area (Å²) in [6.45, 7) is -1.50. The van der Waals surface area contributed by atoms with Crippen molar-refractivity contribution in [1.29, 1.82) is 0 Å². The molecule has 1 heterocycles. The van der Waals surface area contributed by atoms with Gasteiger partial charge in [0.2, 0.25) is 5.91 Å². The largest absolute Gasteiger partial charge is 0.440 e. The number of hydrogen-bond acceptors (Lipinski definition) is 3. The molecule has 1 saturated heterocycles. The fraction of sp³-hybridized carbons (Fsp3) is 0.467. The van der Waals surface area contributed by atoms with Crippen LogP contribution in [-0.2, 0) is 9.53 Å². The van der Waals surface area contributed by atoms with Gasteiger partial charge in [-0.3, -0.25) is 4.79 Å². The van der Waals surface area contributed by atoms with E-state index < -0.39 is 36.5 Å². The number of alkyl halides is 3. The zero-order chi connectivity index (χ0) is 18.6. The first-order valence-electron chi connectivity index (χ1n) is 7.40. The molecule has 0 spiro atoms. The molecule has 1 aliphatic heterocycles. The molecule has 10 heteroatoms. The quantitative estimate of drug-likeness (QED) is 0.808. The number of likely N-dealkylation sites (tertiary alicyclic amines) is 1. The van der Waals surface area contributed by atoms with Gasteiger partial charge in [-0.1, -0.05) is 17.7 Å². The van der Waals surface area contributed by atoms with E-state index in [1.807, 2.05) is 0 Å². The maximum Gasteiger partial charge on any atom is 0.422 e. The third-order valence-electron chi connectivity index (χ3n) is 3.69. The molecule has 1 aromatic carbocycles. The van der Waals surface area contributed by atoms with E-state index in [-0.39, 0.29) is 36.6 Å². The second kappa shape index (κ2) is 7.90. The number of piperidine rings is 1. The number of rotatable bonds is 3. The van der Waals surface area contributed by atoms with E-state index in [4.69, 9.17) is 11.6 Å². The molecule has 138 valence electrons. The highest BCUT2D eigenvalue weighted by molar-refractivity contribution is 6.31. The third-order valence-corrected chi connectivity index (χ3v) is 3.98. The van der Waals surface area contributed by atoms with Crippen LogP contribution in [0.15, 0.2) is 18.2 Å². The van der Waals surface area contributed by atoms with Crippen molar-refractivity contribution in [2.45, 2.75) is 19.0 Å². The van der Waals surface area contributed by atoms with Gasteiger partial charge in [0.1, 0.15) is 0 Å². The SMILES string of the molecule is O=C(Nc1cccc(Cl)c1F)C1CCN(C(=O)OCC(F)(F)F)CC1. The summed E-state index contributed by atoms with van der Waals surface area (Å²) in [5, 5.41) is 2.30. The van der Waals surface area contributed by atoms with Gasteiger partial charge in [0.15, 0.2) is 12.4 Å². The summed E-state index contributed by atoms with van der Waals surface area (Å²) >= 11 is 5.63. The molecule has 25 heavy (non-hydrogen) atoms. The second-order valence-corrected chi connectivity index (χ2v) is 5.93. The van der Waals surface area contributed by atoms with Crippen molar-refractivity contribution >= 4 is 29.3 Å². The van der Waals surface area contributed by atoms with Crippen molar-refractivity contribution in [2.24, 2.45) is 5.92 Å². The third kappa shape index (κ3) is 5.48. The minimum absolute atomic E-state index is 0.0514. The van der Waals surface area contributed by atoms with Gasteiger partial charge in [0, 0.05) is 19.0 Å². The normalized spacial score (nSPS) is 15.8. The van der Waals surface area contributed by atoms with E-state index in [0.717, 1.165) is 4.90 Å². The maximum atomic E-state index is 13.8. The topological polar surface area (TPSA) is 58.6 Å². The molecule has 0 atom stereocenters. The Balaban J connectivity index is 1.84. The number of carbonyl (C=O) groups excluding carboxylic acids is 2. The van der Waals surface area contributed by atoms with Crippen LogP contribution in [-0.4, -0.2) is 42.8 Å². The smallest absolute Gasteiger partial charge is 0.422 e. The zero-order valence-corrected chi connectivity index (χ0v) is 13.7. The Hall–Kier alpha value is -2.03. The van der Waals surface area contributed by atoms with Crippen molar-refractivity contribution in [1.82, 2.24) is 4.90 Å². The average Bonchev–Trinajstić information content (AvgIpc) is 2.56. The fourth-order valence-electron chi connectivity index (χ4n) is 2.39. The molecular weight excluding hydrogens is 368 g/mol. The molecule has 2 amide bonds. The highest BCUT2D eigenvalue weighted by Crippen LogP contribution is 2.25. The molecule has 0 aliphatic carbocycles. The summed E-state index contributed by atoms with van der Waals surface area (Å²) in [6.07, 6.45) is -5.20. The summed E-state index contributed by atoms with van der Waals surface area (Å²) in [7, 11) is 0. The molecule has 2 rings (SSSR count). The lowest BCUT2D eigenvalue weighted by Gasteiger charge is -2.30. The number of halogens is 5. The minimum atomic E-state index is -4.59. The molecule has 0 saturated carbocycles. The Bertz CT molecular complexity index is 646. The first-order valence-corrected chi connectivity index (χ1v) is 7.78. The van der Waals surface area contributed by atoms with Crippen LogP contribution in [0.3, 0.4) is 0 Å². The van der Waals surface area contributed by atoms with Crippen LogP contribution in [0.5, 0.6) is 0 Å². The monoisotopic (exact) mass is 382 g/mol. The van der Waals surface area contributed by atoms with E-state index in [2.05, 4.69) is 10.1 Å². The van der Waals surface area contributed by atoms with E-state index in [1.165, 1.54) is 18.2 Å². The summed E-state index contributed by atoms with van der Waals surface area (Å²) in [5.41, 5.74) is -0.0514. The number of nitrogens with one attached hydrogen (secondary N) is 1. The predicted molar refractivity (Wildman–Crippen MR) is 81.7 cm³/mol. The molecule has 5 nitrogen and oxygen atoms in total. The predicted octanol–water partition coefficient (Wildman–Crippen LogP) is 3.83. The van der Waals surface area contributed by atoms with Gasteiger partial charge in [-0.25, -0.2) is 9.18 Å². The molecule has 0 aromatic heterocycles. The van der Waals surface area contributed by atoms with E-state index in [0.29, 0.717) is 0 Å². The molecule has 0 bridgehead atoms. The Kier molecular flexibility index (Phi) is 6.10. The van der Waals surface area contributed by atoms with E-state index >= 15 is 0 Å². The second-order valence-electron chi connectivity index (χ2n) is 5.52. The molecule has 0 unspecified atom stereocenters. The Morgan fingerprint density at radius 2 is 1.92 bits per heavy atom. The number of benzene rings is 1. The van der Waals surface area contributed by atoms with Crippen LogP contribution in [0.2, 0.25) is 5.02 Å². The van der Waals surface area contributed by atoms with Crippen molar-refractivity contribution < 1.29 is 31.9 Å². The lowest BCUT2D eigenvalue weighted by atomic mass is 9.96. The molecular formula is C15H15ClF4N2O3. The van der Waals surface area contributed by atoms with Gasteiger partial charge in [-0.05, 0) is 25.0 Å². The lowest BCUT2D eigenvalue weighted by Crippen LogP contribution is -2.42. The van der Waals surface area contributed by atoms with Crippen LogP contribution in [0.1, 0.15) is 12.8 Å². The summed E-state index contributed by atoms with van der Waals surface area (Å²) in [5.74, 6) is -1.68. The van der Waals surface area contributed by atoms with Gasteiger partial charge in [-0.2, -0.15) is 13.2 Å². The standard InChI is InChI=1S/C15H15ClF4N2O3/c16-10-2-1-3-11(12(10)17)21-13(23)9-4-6-22(7-5-9)14(24)25-8-15(18,19)20/h1-3,9H,4-8H2,(H,21,23). The van der Waals surface area contributed by atoms with Crippen molar-refractivity contribution in [3.63, 3.8) is 0 Å². The molecule has 0 radical (unpaired) electrons. The number of carbonyl (C=O) groups is 2. The van der Waals surface area contributed by atoms with Crippen LogP contribution in [0.25, 0.3) is 0 Å². The van der Waals surface area contributed by atoms with E-state index in [1.54, 1.807) is 0 Å². The Labute approximate surface area is 145 Å². The number of nitrogens with zero attached hydrogens (tertiary/aromatic N) is 1. The van der Waals surface area contributed by atoms with Crippen LogP contribution < -0.4 is 5.32 Å². The van der Waals surface area contributed by atoms with Crippen LogP contribution in [0.4, 0.5) is 28.0 Å². The summed E-state index contributed by atoms with van der Waals surface area (Å²) < 4.78 is 54.0. The number of anilines is 1. The van der Waals surface area contributed by atoms with E-state index in [9.17, 15) is 27.2 Å². The van der Waals surface area contributed by atoms with Crippen molar-refractivity contribution in [3.8, 4) is 0 Å². The van der Waals surface area contributed by atoms with Gasteiger partial charge in [-0.15, -0.1) is 0 Å². The number of amides is 2. The van der Waals surface area contributed by atoms with Crippen molar-refractivity contribution in [3.05, 3.63) is 29.0 Å². The molecule has 1 aliphatic rings. The summed E-state index contributed by atoms with van der Waals surface area (Å²) in [6, 6.07) is 4.20. The van der Waals surface area contributed by atoms with Crippen LogP contribution >= 0.6 is 11.6 Å². The molecule has 1 aromatic rings. The van der Waals surface area contributed by atoms with Gasteiger partial charge in [0.05, 0.1) is 10.7 Å². The Morgan fingerprint density at radius 1 is 1.28 bits per heavy atom. The zero-order valence-electron chi connectivity index (χ0n) is 12.9. The molecule has 1 N–H and O–H groups in total. The maximum absolute atomic E-state index is 13.8. The van der Waals surface area contributed by atoms with Gasteiger partial charge in [0.25, 0.3) is 0 Å². The number of hydrogen-bond donors (Lipinski definition) is 1.